The predicted octanol–water partition coefficient (Wildman–Crippen LogP) is 3.39. The second-order valence-electron chi connectivity index (χ2n) is 3.68. The fraction of sp³-hybridized carbons (Fsp3) is 0.556. The van der Waals surface area contributed by atoms with Crippen LogP contribution in [0.25, 0.3) is 0 Å². The van der Waals surface area contributed by atoms with Crippen LogP contribution in [0.2, 0.25) is 14.8 Å². The molecule has 10 heavy (non-hydrogen) atoms. The Morgan fingerprint density at radius 1 is 1.40 bits per heavy atom. The van der Waals surface area contributed by atoms with Crippen LogP contribution in [0.1, 0.15) is 12.8 Å². The molecule has 0 fully saturated rings. The standard InChI is InChI=1S/C6H9.3CH3.Sn/c1-3-5-6-4-2;;;;/h3H,1-2,5-6H2;3*1H3;. The van der Waals surface area contributed by atoms with Crippen molar-refractivity contribution in [3.05, 3.63) is 22.8 Å². The summed E-state index contributed by atoms with van der Waals surface area (Å²) < 4.78 is 1.52. The van der Waals surface area contributed by atoms with Crippen molar-refractivity contribution in [3.8, 4) is 0 Å². The topological polar surface area (TPSA) is 0 Å². The molecule has 0 radical (unpaired) electrons. The van der Waals surface area contributed by atoms with Gasteiger partial charge in [0.25, 0.3) is 0 Å². The zero-order valence-electron chi connectivity index (χ0n) is 7.41. The van der Waals surface area contributed by atoms with E-state index in [-0.39, 0.29) is 0 Å². The van der Waals surface area contributed by atoms with Crippen LogP contribution in [0.4, 0.5) is 0 Å². The summed E-state index contributed by atoms with van der Waals surface area (Å²) in [6.45, 7) is 7.81. The van der Waals surface area contributed by atoms with Gasteiger partial charge in [0.2, 0.25) is 0 Å². The summed E-state index contributed by atoms with van der Waals surface area (Å²) in [4.78, 5) is 7.21. The van der Waals surface area contributed by atoms with Gasteiger partial charge in [-0.1, -0.05) is 0 Å². The molecular formula is C9H18Sn. The van der Waals surface area contributed by atoms with E-state index in [0.717, 1.165) is 6.42 Å². The summed E-state index contributed by atoms with van der Waals surface area (Å²) in [5.41, 5.74) is 0. The molecule has 0 aliphatic rings. The number of hydrogen-bond donors (Lipinski definition) is 0. The predicted molar refractivity (Wildman–Crippen MR) is 51.9 cm³/mol. The fourth-order valence-corrected chi connectivity index (χ4v) is 3.20. The average molecular weight is 245 g/mol. The molecule has 0 aromatic rings. The Kier molecular flexibility index (Phi) is 4.34. The number of hydrogen-bond acceptors (Lipinski definition) is 0. The van der Waals surface area contributed by atoms with Gasteiger partial charge in [0, 0.05) is 0 Å². The Bertz CT molecular complexity index is 128. The first-order valence-corrected chi connectivity index (χ1v) is 13.8. The van der Waals surface area contributed by atoms with E-state index < -0.39 is 18.4 Å². The molecule has 0 aromatic heterocycles. The van der Waals surface area contributed by atoms with Gasteiger partial charge in [0.1, 0.15) is 0 Å². The van der Waals surface area contributed by atoms with Crippen molar-refractivity contribution < 1.29 is 0 Å². The molecule has 0 rings (SSSR count). The SMILES string of the molecule is C=CCC[C](=C)[Sn]([CH3])([CH3])[CH3]. The maximum atomic E-state index is 4.11. The molecule has 0 atom stereocenters. The Balaban J connectivity index is 3.74. The van der Waals surface area contributed by atoms with Gasteiger partial charge in [0.15, 0.2) is 0 Å². The van der Waals surface area contributed by atoms with E-state index in [1.54, 1.807) is 0 Å². The van der Waals surface area contributed by atoms with E-state index in [9.17, 15) is 0 Å². The molecule has 0 saturated heterocycles. The van der Waals surface area contributed by atoms with E-state index in [4.69, 9.17) is 0 Å². The fourth-order valence-electron chi connectivity index (χ4n) is 0.651. The van der Waals surface area contributed by atoms with Crippen LogP contribution in [0.3, 0.4) is 0 Å². The van der Waals surface area contributed by atoms with Gasteiger partial charge in [-0.05, 0) is 0 Å². The number of allylic oxidation sites excluding steroid dienone is 2. The van der Waals surface area contributed by atoms with Gasteiger partial charge in [-0.25, -0.2) is 0 Å². The van der Waals surface area contributed by atoms with E-state index in [2.05, 4.69) is 28.0 Å². The van der Waals surface area contributed by atoms with E-state index in [0.29, 0.717) is 0 Å². The molecule has 0 N–H and O–H groups in total. The van der Waals surface area contributed by atoms with Gasteiger partial charge < -0.3 is 0 Å². The summed E-state index contributed by atoms with van der Waals surface area (Å²) >= 11 is -1.71. The Morgan fingerprint density at radius 3 is 2.20 bits per heavy atom. The quantitative estimate of drug-likeness (QED) is 0.526. The zero-order chi connectivity index (χ0) is 8.20. The van der Waals surface area contributed by atoms with Crippen LogP contribution in [0.15, 0.2) is 22.8 Å². The third kappa shape index (κ3) is 4.15. The molecule has 58 valence electrons. The van der Waals surface area contributed by atoms with Crippen molar-refractivity contribution in [1.29, 1.82) is 0 Å². The third-order valence-electron chi connectivity index (χ3n) is 1.71. The van der Waals surface area contributed by atoms with Crippen molar-refractivity contribution >= 4 is 18.4 Å². The molecule has 0 amide bonds. The molecule has 0 aromatic carbocycles. The summed E-state index contributed by atoms with van der Waals surface area (Å²) in [7, 11) is 0. The van der Waals surface area contributed by atoms with Crippen molar-refractivity contribution in [1.82, 2.24) is 0 Å². The molecule has 0 aliphatic carbocycles. The molecule has 0 saturated carbocycles. The first-order valence-electron chi connectivity index (χ1n) is 3.77. The average Bonchev–Trinajstić information content (AvgIpc) is 1.80. The first kappa shape index (κ1) is 10.3. The van der Waals surface area contributed by atoms with Crippen molar-refractivity contribution in [2.75, 3.05) is 0 Å². The van der Waals surface area contributed by atoms with Crippen molar-refractivity contribution in [2.45, 2.75) is 27.7 Å². The molecule has 0 unspecified atom stereocenters. The molecular weight excluding hydrogens is 227 g/mol. The molecule has 0 nitrogen and oxygen atoms in total. The van der Waals surface area contributed by atoms with Gasteiger partial charge in [-0.3, -0.25) is 0 Å². The monoisotopic (exact) mass is 246 g/mol. The Hall–Kier alpha value is 0.279. The van der Waals surface area contributed by atoms with E-state index in [1.807, 2.05) is 6.08 Å². The van der Waals surface area contributed by atoms with Gasteiger partial charge in [-0.2, -0.15) is 0 Å². The Labute approximate surface area is 68.9 Å². The first-order chi connectivity index (χ1) is 4.48. The summed E-state index contributed by atoms with van der Waals surface area (Å²) in [6.07, 6.45) is 4.25. The van der Waals surface area contributed by atoms with Crippen molar-refractivity contribution in [3.63, 3.8) is 0 Å². The zero-order valence-corrected chi connectivity index (χ0v) is 10.3. The third-order valence-corrected chi connectivity index (χ3v) is 8.48. The maximum absolute atomic E-state index is 4.11. The number of rotatable bonds is 4. The summed E-state index contributed by atoms with van der Waals surface area (Å²) in [6, 6.07) is 0. The van der Waals surface area contributed by atoms with Crippen LogP contribution in [-0.4, -0.2) is 18.4 Å². The van der Waals surface area contributed by atoms with Gasteiger partial charge in [-0.15, -0.1) is 0 Å². The van der Waals surface area contributed by atoms with Crippen LogP contribution < -0.4 is 0 Å². The van der Waals surface area contributed by atoms with Crippen LogP contribution in [0, 0.1) is 0 Å². The molecule has 0 bridgehead atoms. The molecule has 0 spiro atoms. The molecule has 1 heteroatoms. The van der Waals surface area contributed by atoms with Crippen molar-refractivity contribution in [2.24, 2.45) is 0 Å². The van der Waals surface area contributed by atoms with Crippen LogP contribution in [-0.2, 0) is 0 Å². The Morgan fingerprint density at radius 2 is 1.90 bits per heavy atom. The van der Waals surface area contributed by atoms with Crippen LogP contribution in [0.5, 0.6) is 0 Å². The normalized spacial score (nSPS) is 11.1. The van der Waals surface area contributed by atoms with E-state index in [1.165, 1.54) is 10.0 Å². The van der Waals surface area contributed by atoms with E-state index >= 15 is 0 Å². The minimum absolute atomic E-state index is 1.10. The minimum atomic E-state index is -1.71. The summed E-state index contributed by atoms with van der Waals surface area (Å²) in [5, 5.41) is 0. The molecule has 0 aliphatic heterocycles. The van der Waals surface area contributed by atoms with Gasteiger partial charge >= 0.3 is 68.9 Å². The second-order valence-corrected chi connectivity index (χ2v) is 18.5. The molecule has 0 heterocycles. The second kappa shape index (κ2) is 4.22. The summed E-state index contributed by atoms with van der Waals surface area (Å²) in [5.74, 6) is 0. The van der Waals surface area contributed by atoms with Crippen LogP contribution >= 0.6 is 0 Å². The van der Waals surface area contributed by atoms with Gasteiger partial charge in [0.05, 0.1) is 0 Å².